The topological polar surface area (TPSA) is 66.3 Å². The number of aliphatic hydroxyl groups is 1. The number of aromatic nitrogens is 2. The number of benzene rings is 1. The minimum Gasteiger partial charge on any atom is -0.369 e. The first-order valence-electron chi connectivity index (χ1n) is 8.51. The molecule has 166 valence electrons. The fourth-order valence-electron chi connectivity index (χ4n) is 2.98. The third-order valence-corrected chi connectivity index (χ3v) is 6.45. The summed E-state index contributed by atoms with van der Waals surface area (Å²) >= 11 is 1.74. The fraction of sp³-hybridized carbons (Fsp3) is 0.389. The standard InChI is InChI=1S/C18H13F6N3O2S2/c1-3-4-11-8-27(15(28)14-9(2)25-26-31-14)12-6-5-10(7-13(12)30-11)16(29,17(19,20)21)18(22,23)24/h5-7,11,29H,8H2,1-2H3. The van der Waals surface area contributed by atoms with Crippen molar-refractivity contribution in [3.05, 3.63) is 34.3 Å². The average Bonchev–Trinajstić information content (AvgIpc) is 3.10. The largest absolute Gasteiger partial charge is 0.430 e. The lowest BCUT2D eigenvalue weighted by molar-refractivity contribution is -0.376. The van der Waals surface area contributed by atoms with Crippen molar-refractivity contribution in [1.82, 2.24) is 9.59 Å². The van der Waals surface area contributed by atoms with Crippen molar-refractivity contribution >= 4 is 34.9 Å². The van der Waals surface area contributed by atoms with Gasteiger partial charge in [0, 0.05) is 17.0 Å². The number of hydrogen-bond donors (Lipinski definition) is 1. The van der Waals surface area contributed by atoms with Crippen LogP contribution in [0.2, 0.25) is 0 Å². The number of halogens is 6. The molecule has 3 rings (SSSR count). The highest BCUT2D eigenvalue weighted by molar-refractivity contribution is 8.00. The number of thioether (sulfide) groups is 1. The van der Waals surface area contributed by atoms with Crippen LogP contribution in [0.15, 0.2) is 23.1 Å². The second-order valence-corrected chi connectivity index (χ2v) is 8.49. The summed E-state index contributed by atoms with van der Waals surface area (Å²) in [5, 5.41) is 12.8. The Morgan fingerprint density at radius 3 is 2.39 bits per heavy atom. The molecule has 1 amide bonds. The Morgan fingerprint density at radius 1 is 1.23 bits per heavy atom. The van der Waals surface area contributed by atoms with Gasteiger partial charge in [0.05, 0.1) is 16.6 Å². The maximum absolute atomic E-state index is 13.3. The van der Waals surface area contributed by atoms with Crippen LogP contribution in [-0.4, -0.2) is 44.7 Å². The van der Waals surface area contributed by atoms with E-state index in [4.69, 9.17) is 0 Å². The number of alkyl halides is 6. The van der Waals surface area contributed by atoms with E-state index in [0.29, 0.717) is 17.8 Å². The van der Waals surface area contributed by atoms with Crippen LogP contribution in [0.3, 0.4) is 0 Å². The highest BCUT2D eigenvalue weighted by Crippen LogP contribution is 2.52. The first-order chi connectivity index (χ1) is 14.3. The van der Waals surface area contributed by atoms with Gasteiger partial charge in [-0.2, -0.15) is 26.3 Å². The normalized spacial score (nSPS) is 17.1. The Bertz CT molecular complexity index is 1060. The van der Waals surface area contributed by atoms with E-state index in [1.54, 1.807) is 6.92 Å². The molecule has 31 heavy (non-hydrogen) atoms. The van der Waals surface area contributed by atoms with Crippen LogP contribution in [0.25, 0.3) is 0 Å². The maximum atomic E-state index is 13.3. The van der Waals surface area contributed by atoms with Crippen molar-refractivity contribution in [1.29, 1.82) is 0 Å². The van der Waals surface area contributed by atoms with Gasteiger partial charge < -0.3 is 10.0 Å². The van der Waals surface area contributed by atoms with Crippen LogP contribution in [0.1, 0.15) is 27.9 Å². The van der Waals surface area contributed by atoms with Gasteiger partial charge in [-0.3, -0.25) is 4.79 Å². The number of nitrogens with zero attached hydrogens (tertiary/aromatic N) is 3. The monoisotopic (exact) mass is 481 g/mol. The molecule has 1 unspecified atom stereocenters. The summed E-state index contributed by atoms with van der Waals surface area (Å²) in [6.07, 6.45) is -12.0. The van der Waals surface area contributed by atoms with Gasteiger partial charge >= 0.3 is 12.4 Å². The minimum absolute atomic E-state index is 0.0492. The van der Waals surface area contributed by atoms with Crippen LogP contribution in [-0.2, 0) is 5.60 Å². The predicted octanol–water partition coefficient (Wildman–Crippen LogP) is 4.30. The zero-order valence-electron chi connectivity index (χ0n) is 15.8. The van der Waals surface area contributed by atoms with Gasteiger partial charge in [0.2, 0.25) is 0 Å². The molecule has 1 aliphatic heterocycles. The lowest BCUT2D eigenvalue weighted by Crippen LogP contribution is -2.54. The molecular formula is C18H13F6N3O2S2. The molecule has 0 spiro atoms. The highest BCUT2D eigenvalue weighted by Gasteiger charge is 2.71. The summed E-state index contributed by atoms with van der Waals surface area (Å²) in [7, 11) is 0. The van der Waals surface area contributed by atoms with Crippen molar-refractivity contribution < 1.29 is 36.2 Å². The molecule has 0 radical (unpaired) electrons. The second-order valence-electron chi connectivity index (χ2n) is 6.49. The number of carbonyl (C=O) groups excluding carboxylic acids is 1. The fourth-order valence-corrected chi connectivity index (χ4v) is 4.79. The molecule has 1 aromatic carbocycles. The molecule has 2 heterocycles. The van der Waals surface area contributed by atoms with Crippen molar-refractivity contribution in [2.45, 2.75) is 41.9 Å². The summed E-state index contributed by atoms with van der Waals surface area (Å²) in [6.45, 7) is 3.12. The Hall–Kier alpha value is -2.30. The summed E-state index contributed by atoms with van der Waals surface area (Å²) < 4.78 is 83.3. The van der Waals surface area contributed by atoms with Crippen molar-refractivity contribution in [3.8, 4) is 11.8 Å². The summed E-state index contributed by atoms with van der Waals surface area (Å²) in [4.78, 5) is 14.3. The number of carbonyl (C=O) groups is 1. The summed E-state index contributed by atoms with van der Waals surface area (Å²) in [6, 6.07) is 2.07. The Kier molecular flexibility index (Phi) is 6.03. The lowest BCUT2D eigenvalue weighted by atomic mass is 9.92. The van der Waals surface area contributed by atoms with Gasteiger partial charge in [-0.25, -0.2) is 0 Å². The van der Waals surface area contributed by atoms with Gasteiger partial charge in [-0.15, -0.1) is 22.8 Å². The van der Waals surface area contributed by atoms with Gasteiger partial charge in [0.25, 0.3) is 11.5 Å². The number of fused-ring (bicyclic) bond motifs is 1. The molecule has 1 aromatic heterocycles. The maximum Gasteiger partial charge on any atom is 0.430 e. The van der Waals surface area contributed by atoms with Crippen molar-refractivity contribution in [2.75, 3.05) is 11.4 Å². The van der Waals surface area contributed by atoms with E-state index >= 15 is 0 Å². The Balaban J connectivity index is 2.15. The first-order valence-corrected chi connectivity index (χ1v) is 10.2. The molecule has 13 heteroatoms. The molecule has 0 saturated heterocycles. The zero-order chi connectivity index (χ0) is 23.2. The number of hydrogen-bond acceptors (Lipinski definition) is 6. The van der Waals surface area contributed by atoms with Crippen LogP contribution in [0, 0.1) is 18.8 Å². The number of anilines is 1. The molecular weight excluding hydrogens is 468 g/mol. The smallest absolute Gasteiger partial charge is 0.369 e. The lowest BCUT2D eigenvalue weighted by Gasteiger charge is -2.35. The van der Waals surface area contributed by atoms with E-state index in [1.807, 2.05) is 0 Å². The molecule has 0 fully saturated rings. The minimum atomic E-state index is -6.01. The van der Waals surface area contributed by atoms with Crippen LogP contribution in [0.4, 0.5) is 32.0 Å². The first kappa shape index (κ1) is 23.4. The Labute approximate surface area is 180 Å². The van der Waals surface area contributed by atoms with E-state index in [-0.39, 0.29) is 22.0 Å². The zero-order valence-corrected chi connectivity index (χ0v) is 17.4. The average molecular weight is 481 g/mol. The van der Waals surface area contributed by atoms with Gasteiger partial charge in [-0.1, -0.05) is 16.5 Å². The van der Waals surface area contributed by atoms with E-state index < -0.39 is 34.7 Å². The molecule has 0 saturated carbocycles. The number of rotatable bonds is 2. The van der Waals surface area contributed by atoms with Crippen molar-refractivity contribution in [3.63, 3.8) is 0 Å². The molecule has 1 atom stereocenters. The summed E-state index contributed by atoms with van der Waals surface area (Å²) in [5.74, 6) is 4.85. The van der Waals surface area contributed by atoms with Crippen LogP contribution >= 0.6 is 23.3 Å². The van der Waals surface area contributed by atoms with Crippen molar-refractivity contribution in [2.24, 2.45) is 0 Å². The van der Waals surface area contributed by atoms with Gasteiger partial charge in [0.15, 0.2) is 0 Å². The molecule has 0 bridgehead atoms. The van der Waals surface area contributed by atoms with Crippen LogP contribution in [0.5, 0.6) is 0 Å². The van der Waals surface area contributed by atoms with Gasteiger partial charge in [-0.05, 0) is 37.5 Å². The molecule has 1 aliphatic rings. The second kappa shape index (κ2) is 7.99. The predicted molar refractivity (Wildman–Crippen MR) is 102 cm³/mol. The molecule has 2 aromatic rings. The third kappa shape index (κ3) is 3.99. The van der Waals surface area contributed by atoms with E-state index in [2.05, 4.69) is 21.4 Å². The highest BCUT2D eigenvalue weighted by atomic mass is 32.2. The molecule has 1 N–H and O–H groups in total. The van der Waals surface area contributed by atoms with E-state index in [9.17, 15) is 36.2 Å². The quantitative estimate of drug-likeness (QED) is 0.512. The third-order valence-electron chi connectivity index (χ3n) is 4.50. The van der Waals surface area contributed by atoms with Gasteiger partial charge in [0.1, 0.15) is 4.88 Å². The molecule has 5 nitrogen and oxygen atoms in total. The number of amides is 1. The SMILES string of the molecule is CC#CC1CN(C(=O)c2snnc2C)c2ccc(C(O)(C(F)(F)F)C(F)(F)F)cc2S1. The van der Waals surface area contributed by atoms with E-state index in [0.717, 1.165) is 29.4 Å². The number of aryl methyl sites for hydroxylation is 1. The summed E-state index contributed by atoms with van der Waals surface area (Å²) in [5.41, 5.74) is -6.02. The Morgan fingerprint density at radius 2 is 1.87 bits per heavy atom. The van der Waals surface area contributed by atoms with E-state index in [1.165, 1.54) is 11.8 Å². The van der Waals surface area contributed by atoms with Crippen LogP contribution < -0.4 is 4.90 Å². The molecule has 0 aliphatic carbocycles.